The second-order valence-corrected chi connectivity index (χ2v) is 3.98. The maximum atomic E-state index is 11.9. The van der Waals surface area contributed by atoms with Gasteiger partial charge in [-0.25, -0.2) is 4.98 Å². The van der Waals surface area contributed by atoms with Crippen molar-refractivity contribution >= 4 is 11.2 Å². The maximum Gasteiger partial charge on any atom is 0.281 e. The largest absolute Gasteiger partial charge is 0.497 e. The van der Waals surface area contributed by atoms with Gasteiger partial charge < -0.3 is 14.5 Å². The van der Waals surface area contributed by atoms with Crippen LogP contribution in [0.25, 0.3) is 22.6 Å². The molecular weight excluding hydrogens is 262 g/mol. The van der Waals surface area contributed by atoms with Crippen molar-refractivity contribution < 1.29 is 9.47 Å². The van der Waals surface area contributed by atoms with Crippen molar-refractivity contribution in [2.45, 2.75) is 0 Å². The van der Waals surface area contributed by atoms with Crippen LogP contribution in [-0.4, -0.2) is 39.6 Å². The highest BCUT2D eigenvalue weighted by Gasteiger charge is 2.13. The lowest BCUT2D eigenvalue weighted by Crippen LogP contribution is -2.10. The average molecular weight is 273 g/mol. The van der Waals surface area contributed by atoms with Gasteiger partial charge in [0.05, 0.1) is 19.8 Å². The SMILES string of the molecule is COc1ccc(-c2nc3n[nH]nc3c(=O)[nH]2)c(OC)c1. The summed E-state index contributed by atoms with van der Waals surface area (Å²) in [7, 11) is 3.10. The highest BCUT2D eigenvalue weighted by Crippen LogP contribution is 2.30. The molecule has 0 saturated heterocycles. The van der Waals surface area contributed by atoms with Crippen LogP contribution in [-0.2, 0) is 0 Å². The lowest BCUT2D eigenvalue weighted by Gasteiger charge is -2.09. The molecule has 102 valence electrons. The molecule has 3 rings (SSSR count). The fourth-order valence-electron chi connectivity index (χ4n) is 1.88. The predicted molar refractivity (Wildman–Crippen MR) is 70.8 cm³/mol. The van der Waals surface area contributed by atoms with Gasteiger partial charge in [-0.05, 0) is 12.1 Å². The van der Waals surface area contributed by atoms with E-state index >= 15 is 0 Å². The van der Waals surface area contributed by atoms with Crippen LogP contribution in [0.15, 0.2) is 23.0 Å². The highest BCUT2D eigenvalue weighted by atomic mass is 16.5. The van der Waals surface area contributed by atoms with Crippen LogP contribution in [0, 0.1) is 0 Å². The zero-order valence-electron chi connectivity index (χ0n) is 10.8. The lowest BCUT2D eigenvalue weighted by molar-refractivity contribution is 0.395. The minimum atomic E-state index is -0.364. The number of fused-ring (bicyclic) bond motifs is 1. The van der Waals surface area contributed by atoms with Crippen LogP contribution < -0.4 is 15.0 Å². The van der Waals surface area contributed by atoms with E-state index in [0.717, 1.165) is 0 Å². The zero-order valence-corrected chi connectivity index (χ0v) is 10.8. The zero-order chi connectivity index (χ0) is 14.1. The molecular formula is C12H11N5O3. The normalized spacial score (nSPS) is 10.7. The molecule has 0 bridgehead atoms. The predicted octanol–water partition coefficient (Wildman–Crippen LogP) is 0.725. The first-order valence-corrected chi connectivity index (χ1v) is 5.76. The molecule has 8 heteroatoms. The second-order valence-electron chi connectivity index (χ2n) is 3.98. The molecule has 0 aliphatic rings. The van der Waals surface area contributed by atoms with Gasteiger partial charge >= 0.3 is 0 Å². The summed E-state index contributed by atoms with van der Waals surface area (Å²) >= 11 is 0. The first kappa shape index (κ1) is 12.2. The van der Waals surface area contributed by atoms with Crippen molar-refractivity contribution in [3.8, 4) is 22.9 Å². The van der Waals surface area contributed by atoms with E-state index in [1.165, 1.54) is 7.11 Å². The van der Waals surface area contributed by atoms with Crippen LogP contribution in [0.3, 0.4) is 0 Å². The number of hydrogen-bond donors (Lipinski definition) is 2. The summed E-state index contributed by atoms with van der Waals surface area (Å²) < 4.78 is 10.4. The molecule has 0 amide bonds. The van der Waals surface area contributed by atoms with Gasteiger partial charge in [0.15, 0.2) is 5.52 Å². The van der Waals surface area contributed by atoms with E-state index < -0.39 is 0 Å². The Labute approximate surface area is 112 Å². The third-order valence-electron chi connectivity index (χ3n) is 2.86. The van der Waals surface area contributed by atoms with E-state index in [9.17, 15) is 4.79 Å². The molecule has 1 aromatic carbocycles. The molecule has 2 aromatic heterocycles. The number of aromatic nitrogens is 5. The molecule has 0 aliphatic heterocycles. The molecule has 3 aromatic rings. The van der Waals surface area contributed by atoms with Gasteiger partial charge in [-0.3, -0.25) is 4.79 Å². The topological polar surface area (TPSA) is 106 Å². The van der Waals surface area contributed by atoms with Gasteiger partial charge in [0.2, 0.25) is 5.65 Å². The number of methoxy groups -OCH3 is 2. The Balaban J connectivity index is 2.22. The van der Waals surface area contributed by atoms with Crippen LogP contribution in [0.5, 0.6) is 11.5 Å². The Morgan fingerprint density at radius 3 is 2.75 bits per heavy atom. The fourth-order valence-corrected chi connectivity index (χ4v) is 1.88. The Kier molecular flexibility index (Phi) is 2.82. The summed E-state index contributed by atoms with van der Waals surface area (Å²) in [4.78, 5) is 18.8. The van der Waals surface area contributed by atoms with Crippen LogP contribution in [0.2, 0.25) is 0 Å². The van der Waals surface area contributed by atoms with Crippen molar-refractivity contribution in [2.75, 3.05) is 14.2 Å². The van der Waals surface area contributed by atoms with Gasteiger partial charge in [-0.1, -0.05) is 0 Å². The number of ether oxygens (including phenoxy) is 2. The number of H-pyrrole nitrogens is 2. The number of rotatable bonds is 3. The maximum absolute atomic E-state index is 11.9. The fraction of sp³-hybridized carbons (Fsp3) is 0.167. The summed E-state index contributed by atoms with van der Waals surface area (Å²) in [6, 6.07) is 5.22. The quantitative estimate of drug-likeness (QED) is 0.728. The van der Waals surface area contributed by atoms with Crippen molar-refractivity contribution in [2.24, 2.45) is 0 Å². The molecule has 8 nitrogen and oxygen atoms in total. The Bertz CT molecular complexity index is 823. The summed E-state index contributed by atoms with van der Waals surface area (Å²) in [5.74, 6) is 1.54. The minimum Gasteiger partial charge on any atom is -0.497 e. The monoisotopic (exact) mass is 273 g/mol. The minimum absolute atomic E-state index is 0.168. The van der Waals surface area contributed by atoms with E-state index in [2.05, 4.69) is 25.4 Å². The molecule has 20 heavy (non-hydrogen) atoms. The second kappa shape index (κ2) is 4.65. The molecule has 2 heterocycles. The van der Waals surface area contributed by atoms with Crippen molar-refractivity contribution in [3.05, 3.63) is 28.6 Å². The number of aromatic amines is 2. The molecule has 2 N–H and O–H groups in total. The van der Waals surface area contributed by atoms with Gasteiger partial charge in [0, 0.05) is 6.07 Å². The number of benzene rings is 1. The molecule has 0 fully saturated rings. The van der Waals surface area contributed by atoms with Crippen LogP contribution in [0.4, 0.5) is 0 Å². The van der Waals surface area contributed by atoms with E-state index in [0.29, 0.717) is 22.9 Å². The third kappa shape index (κ3) is 1.87. The smallest absolute Gasteiger partial charge is 0.281 e. The molecule has 0 atom stereocenters. The molecule has 0 aliphatic carbocycles. The van der Waals surface area contributed by atoms with E-state index in [4.69, 9.17) is 9.47 Å². The molecule has 0 spiro atoms. The number of nitrogens with zero attached hydrogens (tertiary/aromatic N) is 3. The van der Waals surface area contributed by atoms with Gasteiger partial charge in [0.1, 0.15) is 17.3 Å². The van der Waals surface area contributed by atoms with Crippen LogP contribution >= 0.6 is 0 Å². The van der Waals surface area contributed by atoms with E-state index in [1.807, 2.05) is 0 Å². The van der Waals surface area contributed by atoms with Crippen molar-refractivity contribution in [3.63, 3.8) is 0 Å². The summed E-state index contributed by atoms with van der Waals surface area (Å²) in [6.45, 7) is 0. The average Bonchev–Trinajstić information content (AvgIpc) is 2.95. The number of nitrogens with one attached hydrogen (secondary N) is 2. The van der Waals surface area contributed by atoms with E-state index in [1.54, 1.807) is 25.3 Å². The summed E-state index contributed by atoms with van der Waals surface area (Å²) in [5.41, 5.74) is 0.690. The first-order valence-electron chi connectivity index (χ1n) is 5.76. The number of hydrogen-bond acceptors (Lipinski definition) is 6. The lowest BCUT2D eigenvalue weighted by atomic mass is 10.1. The van der Waals surface area contributed by atoms with E-state index in [-0.39, 0.29) is 16.7 Å². The standard InChI is InChI=1S/C12H11N5O3/c1-19-6-3-4-7(8(5-6)20-2)10-13-11-9(12(18)14-10)15-17-16-11/h3-5H,1-2H3,(H2,13,14,15,16,17,18). The third-order valence-corrected chi connectivity index (χ3v) is 2.86. The van der Waals surface area contributed by atoms with Crippen LogP contribution in [0.1, 0.15) is 0 Å². The molecule has 0 saturated carbocycles. The first-order chi connectivity index (χ1) is 9.72. The molecule has 0 unspecified atom stereocenters. The molecule has 0 radical (unpaired) electrons. The Morgan fingerprint density at radius 2 is 2.00 bits per heavy atom. The van der Waals surface area contributed by atoms with Gasteiger partial charge in [0.25, 0.3) is 5.56 Å². The van der Waals surface area contributed by atoms with Gasteiger partial charge in [-0.15, -0.1) is 10.2 Å². The Hall–Kier alpha value is -2.90. The summed E-state index contributed by atoms with van der Waals surface area (Å²) in [6.07, 6.45) is 0. The highest BCUT2D eigenvalue weighted by molar-refractivity contribution is 5.73. The van der Waals surface area contributed by atoms with Crippen molar-refractivity contribution in [1.82, 2.24) is 25.4 Å². The van der Waals surface area contributed by atoms with Gasteiger partial charge in [-0.2, -0.15) is 5.21 Å². The summed E-state index contributed by atoms with van der Waals surface area (Å²) in [5, 5.41) is 9.92. The van der Waals surface area contributed by atoms with Crippen molar-refractivity contribution in [1.29, 1.82) is 0 Å². The Morgan fingerprint density at radius 1 is 1.15 bits per heavy atom.